The van der Waals surface area contributed by atoms with E-state index in [0.29, 0.717) is 0 Å². The van der Waals surface area contributed by atoms with Crippen molar-refractivity contribution < 1.29 is 14.3 Å². The van der Waals surface area contributed by atoms with Crippen molar-refractivity contribution in [2.45, 2.75) is 18.2 Å². The first-order valence-corrected chi connectivity index (χ1v) is 6.66. The van der Waals surface area contributed by atoms with Crippen molar-refractivity contribution in [1.82, 2.24) is 0 Å². The third-order valence-electron chi connectivity index (χ3n) is 2.33. The van der Waals surface area contributed by atoms with Gasteiger partial charge in [0.05, 0.1) is 18.4 Å². The monoisotopic (exact) mass is 362 g/mol. The lowest BCUT2D eigenvalue weighted by atomic mass is 10.0. The van der Waals surface area contributed by atoms with Gasteiger partial charge in [0.15, 0.2) is 0 Å². The summed E-state index contributed by atoms with van der Waals surface area (Å²) in [6, 6.07) is 5.49. The van der Waals surface area contributed by atoms with Gasteiger partial charge in [-0.15, -0.1) is 0 Å². The molecular weight excluding hydrogens is 352 g/mol. The number of hydrogen-bond acceptors (Lipinski definition) is 3. The second-order valence-electron chi connectivity index (χ2n) is 3.53. The SMILES string of the molecule is COC(=O)Cc1c(Br)cccc1C(Br)C(C)=O. The molecule has 1 unspecified atom stereocenters. The number of ether oxygens (including phenoxy) is 1. The first kappa shape index (κ1) is 14.4. The predicted octanol–water partition coefficient (Wildman–Crippen LogP) is 3.19. The molecule has 0 amide bonds. The zero-order chi connectivity index (χ0) is 13.0. The number of rotatable bonds is 4. The first-order chi connectivity index (χ1) is 7.97. The number of carbonyl (C=O) groups excluding carboxylic acids is 2. The molecule has 0 spiro atoms. The number of carbonyl (C=O) groups is 2. The first-order valence-electron chi connectivity index (χ1n) is 4.96. The highest BCUT2D eigenvalue weighted by Crippen LogP contribution is 2.31. The lowest BCUT2D eigenvalue weighted by Gasteiger charge is -2.13. The Balaban J connectivity index is 3.17. The van der Waals surface area contributed by atoms with Crippen LogP contribution in [0.3, 0.4) is 0 Å². The number of benzene rings is 1. The molecule has 0 saturated carbocycles. The van der Waals surface area contributed by atoms with Gasteiger partial charge in [0.1, 0.15) is 5.78 Å². The van der Waals surface area contributed by atoms with Crippen molar-refractivity contribution in [2.75, 3.05) is 7.11 Å². The van der Waals surface area contributed by atoms with Gasteiger partial charge in [0.25, 0.3) is 0 Å². The summed E-state index contributed by atoms with van der Waals surface area (Å²) < 4.78 is 5.44. The van der Waals surface area contributed by atoms with E-state index in [1.54, 1.807) is 0 Å². The van der Waals surface area contributed by atoms with Crippen LogP contribution in [0, 0.1) is 0 Å². The van der Waals surface area contributed by atoms with Gasteiger partial charge in [0.2, 0.25) is 0 Å². The number of halogens is 2. The fourth-order valence-corrected chi connectivity index (χ4v) is 2.39. The van der Waals surface area contributed by atoms with Crippen molar-refractivity contribution in [3.8, 4) is 0 Å². The van der Waals surface area contributed by atoms with Gasteiger partial charge in [-0.05, 0) is 24.1 Å². The smallest absolute Gasteiger partial charge is 0.310 e. The van der Waals surface area contributed by atoms with Gasteiger partial charge in [-0.2, -0.15) is 0 Å². The number of Topliss-reactive ketones (excluding diaryl/α,β-unsaturated/α-hetero) is 1. The van der Waals surface area contributed by atoms with Crippen LogP contribution >= 0.6 is 31.9 Å². The molecule has 3 nitrogen and oxygen atoms in total. The molecule has 1 aromatic rings. The molecule has 17 heavy (non-hydrogen) atoms. The maximum absolute atomic E-state index is 11.4. The molecule has 0 bridgehead atoms. The molecule has 92 valence electrons. The molecule has 1 aromatic carbocycles. The molecule has 1 atom stereocenters. The van der Waals surface area contributed by atoms with Crippen LogP contribution in [0.25, 0.3) is 0 Å². The van der Waals surface area contributed by atoms with Crippen molar-refractivity contribution >= 4 is 43.6 Å². The van der Waals surface area contributed by atoms with E-state index in [1.807, 2.05) is 18.2 Å². The van der Waals surface area contributed by atoms with Gasteiger partial charge in [-0.1, -0.05) is 44.0 Å². The second-order valence-corrected chi connectivity index (χ2v) is 5.30. The van der Waals surface area contributed by atoms with E-state index >= 15 is 0 Å². The van der Waals surface area contributed by atoms with Crippen molar-refractivity contribution in [3.05, 3.63) is 33.8 Å². The lowest BCUT2D eigenvalue weighted by Crippen LogP contribution is -2.11. The standard InChI is InChI=1S/C12H12Br2O3/c1-7(15)12(14)8-4-3-5-10(13)9(8)6-11(16)17-2/h3-5,12H,6H2,1-2H3. The Hall–Kier alpha value is -0.680. The number of ketones is 1. The molecule has 0 N–H and O–H groups in total. The average molecular weight is 364 g/mol. The molecule has 0 radical (unpaired) electrons. The summed E-state index contributed by atoms with van der Waals surface area (Å²) in [4.78, 5) is 22.3. The molecule has 0 aliphatic rings. The van der Waals surface area contributed by atoms with Gasteiger partial charge in [0, 0.05) is 4.47 Å². The van der Waals surface area contributed by atoms with E-state index in [9.17, 15) is 9.59 Å². The Morgan fingerprint density at radius 3 is 2.59 bits per heavy atom. The minimum atomic E-state index is -0.403. The maximum atomic E-state index is 11.4. The largest absolute Gasteiger partial charge is 0.469 e. The zero-order valence-electron chi connectivity index (χ0n) is 9.50. The Bertz CT molecular complexity index is 443. The summed E-state index contributed by atoms with van der Waals surface area (Å²) in [7, 11) is 1.34. The highest BCUT2D eigenvalue weighted by molar-refractivity contribution is 9.10. The van der Waals surface area contributed by atoms with Crippen LogP contribution in [0.4, 0.5) is 0 Å². The summed E-state index contributed by atoms with van der Waals surface area (Å²) in [6.45, 7) is 1.50. The van der Waals surface area contributed by atoms with Crippen LogP contribution in [0.15, 0.2) is 22.7 Å². The van der Waals surface area contributed by atoms with E-state index in [1.165, 1.54) is 14.0 Å². The molecule has 0 heterocycles. The molecule has 0 aliphatic carbocycles. The number of esters is 1. The van der Waals surface area contributed by atoms with E-state index in [-0.39, 0.29) is 18.2 Å². The summed E-state index contributed by atoms with van der Waals surface area (Å²) in [5, 5.41) is 0. The van der Waals surface area contributed by atoms with Crippen LogP contribution < -0.4 is 0 Å². The maximum Gasteiger partial charge on any atom is 0.310 e. The molecular formula is C12H12Br2O3. The second kappa shape index (κ2) is 6.31. The Morgan fingerprint density at radius 1 is 1.41 bits per heavy atom. The molecule has 0 aliphatic heterocycles. The third-order valence-corrected chi connectivity index (χ3v) is 4.21. The number of hydrogen-bond donors (Lipinski definition) is 0. The van der Waals surface area contributed by atoms with E-state index in [2.05, 4.69) is 36.6 Å². The van der Waals surface area contributed by atoms with Crippen LogP contribution in [0.2, 0.25) is 0 Å². The summed E-state index contributed by atoms with van der Waals surface area (Å²) >= 11 is 6.71. The van der Waals surface area contributed by atoms with Crippen LogP contribution in [0.1, 0.15) is 22.9 Å². The van der Waals surface area contributed by atoms with Gasteiger partial charge in [-0.25, -0.2) is 0 Å². The Morgan fingerprint density at radius 2 is 2.06 bits per heavy atom. The number of methoxy groups -OCH3 is 1. The molecule has 0 saturated heterocycles. The fraction of sp³-hybridized carbons (Fsp3) is 0.333. The normalized spacial score (nSPS) is 12.0. The molecule has 0 aromatic heterocycles. The lowest BCUT2D eigenvalue weighted by molar-refractivity contribution is -0.139. The Kier molecular flexibility index (Phi) is 5.33. The van der Waals surface area contributed by atoms with Crippen LogP contribution in [-0.2, 0) is 20.7 Å². The third kappa shape index (κ3) is 3.64. The van der Waals surface area contributed by atoms with Gasteiger partial charge < -0.3 is 4.74 Å². The van der Waals surface area contributed by atoms with E-state index in [4.69, 9.17) is 0 Å². The molecule has 1 rings (SSSR count). The summed E-state index contributed by atoms with van der Waals surface area (Å²) in [6.07, 6.45) is 0.142. The van der Waals surface area contributed by atoms with Crippen LogP contribution in [-0.4, -0.2) is 18.9 Å². The van der Waals surface area contributed by atoms with Crippen LogP contribution in [0.5, 0.6) is 0 Å². The van der Waals surface area contributed by atoms with Crippen molar-refractivity contribution in [3.63, 3.8) is 0 Å². The van der Waals surface area contributed by atoms with Crippen molar-refractivity contribution in [2.24, 2.45) is 0 Å². The van der Waals surface area contributed by atoms with E-state index in [0.717, 1.165) is 15.6 Å². The average Bonchev–Trinajstić information content (AvgIpc) is 2.30. The van der Waals surface area contributed by atoms with Crippen molar-refractivity contribution in [1.29, 1.82) is 0 Å². The van der Waals surface area contributed by atoms with Gasteiger partial charge in [-0.3, -0.25) is 9.59 Å². The molecule has 5 heteroatoms. The summed E-state index contributed by atoms with van der Waals surface area (Å²) in [5.74, 6) is -0.337. The topological polar surface area (TPSA) is 43.4 Å². The minimum absolute atomic E-state index is 0.00536. The minimum Gasteiger partial charge on any atom is -0.469 e. The highest BCUT2D eigenvalue weighted by atomic mass is 79.9. The predicted molar refractivity (Wildman–Crippen MR) is 72.2 cm³/mol. The summed E-state index contributed by atoms with van der Waals surface area (Å²) in [5.41, 5.74) is 1.56. The zero-order valence-corrected chi connectivity index (χ0v) is 12.7. The van der Waals surface area contributed by atoms with Gasteiger partial charge >= 0.3 is 5.97 Å². The Labute approximate surface area is 117 Å². The highest BCUT2D eigenvalue weighted by Gasteiger charge is 2.19. The quantitative estimate of drug-likeness (QED) is 0.609. The van der Waals surface area contributed by atoms with E-state index < -0.39 is 4.83 Å². The number of alkyl halides is 1. The fourth-order valence-electron chi connectivity index (χ4n) is 1.43. The molecule has 0 fully saturated rings.